The summed E-state index contributed by atoms with van der Waals surface area (Å²) in [6.07, 6.45) is 9.10. The Hall–Kier alpha value is -0.570. The predicted octanol–water partition coefficient (Wildman–Crippen LogP) is 2.93. The van der Waals surface area contributed by atoms with Gasteiger partial charge in [-0.1, -0.05) is 33.1 Å². The summed E-state index contributed by atoms with van der Waals surface area (Å²) in [5.41, 5.74) is 6.51. The summed E-state index contributed by atoms with van der Waals surface area (Å²) in [5.74, 6) is 0.353. The minimum Gasteiger partial charge on any atom is -0.343 e. The first-order chi connectivity index (χ1) is 9.09. The molecule has 1 amide bonds. The maximum Gasteiger partial charge on any atom is 0.223 e. The molecule has 1 heterocycles. The zero-order chi connectivity index (χ0) is 13.9. The summed E-state index contributed by atoms with van der Waals surface area (Å²) in [5, 5.41) is 0. The van der Waals surface area contributed by atoms with Crippen molar-refractivity contribution in [2.75, 3.05) is 19.6 Å². The second-order valence-corrected chi connectivity index (χ2v) is 6.82. The Balaban J connectivity index is 1.85. The fourth-order valence-electron chi connectivity index (χ4n) is 3.75. The lowest BCUT2D eigenvalue weighted by Crippen LogP contribution is -2.47. The monoisotopic (exact) mass is 266 g/mol. The fourth-order valence-corrected chi connectivity index (χ4v) is 3.75. The third kappa shape index (κ3) is 2.96. The summed E-state index contributed by atoms with van der Waals surface area (Å²) < 4.78 is 0. The van der Waals surface area contributed by atoms with E-state index in [2.05, 4.69) is 18.7 Å². The smallest absolute Gasteiger partial charge is 0.223 e. The molecule has 110 valence electrons. The number of nitrogens with two attached hydrogens (primary N) is 1. The first-order valence-corrected chi connectivity index (χ1v) is 8.06. The van der Waals surface area contributed by atoms with E-state index in [0.29, 0.717) is 24.3 Å². The van der Waals surface area contributed by atoms with E-state index in [0.717, 1.165) is 25.9 Å². The van der Waals surface area contributed by atoms with Crippen LogP contribution in [0.3, 0.4) is 0 Å². The molecule has 0 unspecified atom stereocenters. The van der Waals surface area contributed by atoms with E-state index in [1.54, 1.807) is 0 Å². The molecule has 1 aliphatic heterocycles. The van der Waals surface area contributed by atoms with Gasteiger partial charge < -0.3 is 10.6 Å². The van der Waals surface area contributed by atoms with E-state index in [9.17, 15) is 4.79 Å². The molecule has 1 aliphatic carbocycles. The van der Waals surface area contributed by atoms with Crippen LogP contribution < -0.4 is 5.73 Å². The molecule has 0 bridgehead atoms. The van der Waals surface area contributed by atoms with Crippen molar-refractivity contribution in [3.63, 3.8) is 0 Å². The molecule has 3 nitrogen and oxygen atoms in total. The molecule has 0 spiro atoms. The predicted molar refractivity (Wildman–Crippen MR) is 78.8 cm³/mol. The van der Waals surface area contributed by atoms with Gasteiger partial charge in [-0.05, 0) is 43.1 Å². The van der Waals surface area contributed by atoms with Crippen molar-refractivity contribution >= 4 is 5.91 Å². The number of hydrogen-bond donors (Lipinski definition) is 1. The van der Waals surface area contributed by atoms with E-state index < -0.39 is 0 Å². The van der Waals surface area contributed by atoms with Crippen molar-refractivity contribution in [2.24, 2.45) is 16.6 Å². The number of carbonyl (C=O) groups is 1. The fraction of sp³-hybridized carbons (Fsp3) is 0.938. The molecule has 19 heavy (non-hydrogen) atoms. The zero-order valence-electron chi connectivity index (χ0n) is 12.7. The highest BCUT2D eigenvalue weighted by Crippen LogP contribution is 2.44. The number of nitrogens with zero attached hydrogens (tertiary/aromatic N) is 1. The lowest BCUT2D eigenvalue weighted by atomic mass is 9.66. The lowest BCUT2D eigenvalue weighted by molar-refractivity contribution is -0.137. The van der Waals surface area contributed by atoms with E-state index in [-0.39, 0.29) is 5.41 Å². The third-order valence-electron chi connectivity index (χ3n) is 6.05. The van der Waals surface area contributed by atoms with E-state index in [1.165, 1.54) is 32.1 Å². The van der Waals surface area contributed by atoms with Crippen molar-refractivity contribution in [1.29, 1.82) is 0 Å². The Kier molecular flexibility index (Phi) is 4.54. The van der Waals surface area contributed by atoms with Gasteiger partial charge in [0.15, 0.2) is 0 Å². The number of amides is 1. The molecule has 2 N–H and O–H groups in total. The van der Waals surface area contributed by atoms with Crippen LogP contribution in [0.1, 0.15) is 65.2 Å². The van der Waals surface area contributed by atoms with Gasteiger partial charge in [-0.25, -0.2) is 0 Å². The lowest BCUT2D eigenvalue weighted by Gasteiger charge is -2.44. The van der Waals surface area contributed by atoms with Crippen molar-refractivity contribution in [3.8, 4) is 0 Å². The highest BCUT2D eigenvalue weighted by molar-refractivity contribution is 5.77. The summed E-state index contributed by atoms with van der Waals surface area (Å²) >= 11 is 0. The maximum atomic E-state index is 12.4. The molecule has 0 atom stereocenters. The number of piperidine rings is 1. The van der Waals surface area contributed by atoms with Gasteiger partial charge in [0.05, 0.1) is 0 Å². The van der Waals surface area contributed by atoms with Crippen LogP contribution in [-0.2, 0) is 4.79 Å². The minimum absolute atomic E-state index is 0.154. The Morgan fingerprint density at radius 3 is 2.00 bits per heavy atom. The molecule has 1 saturated heterocycles. The van der Waals surface area contributed by atoms with Crippen LogP contribution in [-0.4, -0.2) is 30.4 Å². The normalized spacial score (nSPS) is 24.9. The molecule has 0 aromatic rings. The van der Waals surface area contributed by atoms with Gasteiger partial charge >= 0.3 is 0 Å². The molecule has 2 fully saturated rings. The van der Waals surface area contributed by atoms with Gasteiger partial charge in [0.2, 0.25) is 5.91 Å². The second kappa shape index (κ2) is 5.82. The van der Waals surface area contributed by atoms with Crippen LogP contribution in [0.15, 0.2) is 0 Å². The standard InChI is InChI=1S/C16H30N2O/c1-3-15(4-2)8-10-18(11-9-15)14(19)12-16(13-17)6-5-7-16/h3-13,17H2,1-2H3. The maximum absolute atomic E-state index is 12.4. The SMILES string of the molecule is CCC1(CC)CCN(C(=O)CC2(CN)CCC2)CC1. The van der Waals surface area contributed by atoms with Crippen LogP contribution in [0.4, 0.5) is 0 Å². The Bertz CT molecular complexity index is 303. The topological polar surface area (TPSA) is 46.3 Å². The minimum atomic E-state index is 0.154. The Labute approximate surface area is 117 Å². The molecule has 2 aliphatic rings. The van der Waals surface area contributed by atoms with Crippen molar-refractivity contribution in [1.82, 2.24) is 4.90 Å². The number of likely N-dealkylation sites (tertiary alicyclic amines) is 1. The largest absolute Gasteiger partial charge is 0.343 e. The summed E-state index contributed by atoms with van der Waals surface area (Å²) in [6, 6.07) is 0. The van der Waals surface area contributed by atoms with Gasteiger partial charge in [0.1, 0.15) is 0 Å². The van der Waals surface area contributed by atoms with Crippen molar-refractivity contribution in [2.45, 2.75) is 65.2 Å². The van der Waals surface area contributed by atoms with Gasteiger partial charge in [-0.15, -0.1) is 0 Å². The molecule has 0 aromatic heterocycles. The molecular formula is C16H30N2O. The van der Waals surface area contributed by atoms with Crippen molar-refractivity contribution < 1.29 is 4.79 Å². The zero-order valence-corrected chi connectivity index (χ0v) is 12.7. The van der Waals surface area contributed by atoms with Gasteiger partial charge in [-0.2, -0.15) is 0 Å². The Morgan fingerprint density at radius 1 is 1.05 bits per heavy atom. The van der Waals surface area contributed by atoms with Gasteiger partial charge in [0, 0.05) is 19.5 Å². The van der Waals surface area contributed by atoms with Crippen molar-refractivity contribution in [3.05, 3.63) is 0 Å². The van der Waals surface area contributed by atoms with Gasteiger partial charge in [0.25, 0.3) is 0 Å². The molecule has 1 saturated carbocycles. The molecule has 3 heteroatoms. The highest BCUT2D eigenvalue weighted by Gasteiger charge is 2.40. The average Bonchev–Trinajstić information content (AvgIpc) is 2.42. The van der Waals surface area contributed by atoms with Crippen LogP contribution in [0.25, 0.3) is 0 Å². The average molecular weight is 266 g/mol. The summed E-state index contributed by atoms with van der Waals surface area (Å²) in [7, 11) is 0. The first kappa shape index (κ1) is 14.8. The molecular weight excluding hydrogens is 236 g/mol. The number of carbonyl (C=O) groups excluding carboxylic acids is 1. The van der Waals surface area contributed by atoms with E-state index in [1.807, 2.05) is 0 Å². The molecule has 0 radical (unpaired) electrons. The number of rotatable bonds is 5. The van der Waals surface area contributed by atoms with Crippen LogP contribution in [0.5, 0.6) is 0 Å². The Morgan fingerprint density at radius 2 is 1.63 bits per heavy atom. The van der Waals surface area contributed by atoms with Gasteiger partial charge in [-0.3, -0.25) is 4.79 Å². The quantitative estimate of drug-likeness (QED) is 0.831. The molecule has 2 rings (SSSR count). The second-order valence-electron chi connectivity index (χ2n) is 6.82. The first-order valence-electron chi connectivity index (χ1n) is 8.06. The molecule has 0 aromatic carbocycles. The van der Waals surface area contributed by atoms with Crippen LogP contribution in [0.2, 0.25) is 0 Å². The van der Waals surface area contributed by atoms with Crippen LogP contribution >= 0.6 is 0 Å². The summed E-state index contributed by atoms with van der Waals surface area (Å²) in [6.45, 7) is 7.18. The number of hydrogen-bond acceptors (Lipinski definition) is 2. The van der Waals surface area contributed by atoms with E-state index in [4.69, 9.17) is 5.73 Å². The summed E-state index contributed by atoms with van der Waals surface area (Å²) in [4.78, 5) is 14.5. The highest BCUT2D eigenvalue weighted by atomic mass is 16.2. The van der Waals surface area contributed by atoms with E-state index >= 15 is 0 Å². The van der Waals surface area contributed by atoms with Crippen LogP contribution in [0, 0.1) is 10.8 Å². The third-order valence-corrected chi connectivity index (χ3v) is 6.05.